The van der Waals surface area contributed by atoms with E-state index in [9.17, 15) is 4.79 Å². The molecule has 2 saturated heterocycles. The van der Waals surface area contributed by atoms with Crippen LogP contribution in [0, 0.1) is 13.8 Å². The second kappa shape index (κ2) is 7.07. The van der Waals surface area contributed by atoms with Crippen LogP contribution in [0.5, 0.6) is 0 Å². The van der Waals surface area contributed by atoms with Crippen LogP contribution in [0.25, 0.3) is 0 Å². The van der Waals surface area contributed by atoms with Crippen molar-refractivity contribution in [2.45, 2.75) is 32.8 Å². The Morgan fingerprint density at radius 2 is 2.04 bits per heavy atom. The second-order valence-corrected chi connectivity index (χ2v) is 6.91. The molecule has 26 heavy (non-hydrogen) atoms. The minimum atomic E-state index is -0.231. The van der Waals surface area contributed by atoms with Crippen LogP contribution in [0.3, 0.4) is 0 Å². The van der Waals surface area contributed by atoms with E-state index in [2.05, 4.69) is 9.88 Å². The van der Waals surface area contributed by atoms with Crippen molar-refractivity contribution in [1.29, 1.82) is 0 Å². The average Bonchev–Trinajstić information content (AvgIpc) is 3.31. The summed E-state index contributed by atoms with van der Waals surface area (Å²) < 4.78 is 11.4. The maximum absolute atomic E-state index is 12.9. The summed E-state index contributed by atoms with van der Waals surface area (Å²) in [6.45, 7) is 7.23. The highest BCUT2D eigenvalue weighted by molar-refractivity contribution is 5.95. The van der Waals surface area contributed by atoms with Crippen molar-refractivity contribution >= 4 is 11.9 Å². The molecule has 2 aliphatic heterocycles. The fourth-order valence-corrected chi connectivity index (χ4v) is 3.64. The molecule has 0 N–H and O–H groups in total. The number of nitrogens with zero attached hydrogens (tertiary/aromatic N) is 4. The Morgan fingerprint density at radius 3 is 2.77 bits per heavy atom. The monoisotopic (exact) mass is 356 g/mol. The molecule has 7 heteroatoms. The van der Waals surface area contributed by atoms with Gasteiger partial charge in [0.1, 0.15) is 17.6 Å². The maximum atomic E-state index is 12.9. The first kappa shape index (κ1) is 17.0. The quantitative estimate of drug-likeness (QED) is 0.841. The largest absolute Gasteiger partial charge is 0.466 e. The Labute approximate surface area is 153 Å². The summed E-state index contributed by atoms with van der Waals surface area (Å²) in [5.74, 6) is 2.16. The molecule has 2 aromatic rings. The summed E-state index contributed by atoms with van der Waals surface area (Å²) in [5.41, 5.74) is 1.46. The number of anilines is 1. The number of aryl methyl sites for hydroxylation is 2. The molecule has 1 amide bonds. The summed E-state index contributed by atoms with van der Waals surface area (Å²) in [6, 6.07) is 3.68. The lowest BCUT2D eigenvalue weighted by Gasteiger charge is -2.32. The Kier molecular flexibility index (Phi) is 4.63. The first-order valence-corrected chi connectivity index (χ1v) is 9.17. The predicted molar refractivity (Wildman–Crippen MR) is 96.3 cm³/mol. The molecule has 0 aromatic carbocycles. The third-order valence-corrected chi connectivity index (χ3v) is 5.01. The SMILES string of the molecule is Cc1cc(C(=O)N2CCO[C@@H](c3ccnc(N4CCCC4)n3)C2)c(C)o1. The molecule has 1 atom stereocenters. The van der Waals surface area contributed by atoms with Gasteiger partial charge in [0.2, 0.25) is 5.95 Å². The molecule has 2 aliphatic rings. The number of hydrogen-bond donors (Lipinski definition) is 0. The minimum Gasteiger partial charge on any atom is -0.466 e. The van der Waals surface area contributed by atoms with Crippen LogP contribution in [-0.4, -0.2) is 53.6 Å². The van der Waals surface area contributed by atoms with Gasteiger partial charge in [-0.2, -0.15) is 0 Å². The summed E-state index contributed by atoms with van der Waals surface area (Å²) in [4.78, 5) is 26.0. The highest BCUT2D eigenvalue weighted by Gasteiger charge is 2.29. The van der Waals surface area contributed by atoms with Gasteiger partial charge in [-0.05, 0) is 38.8 Å². The lowest BCUT2D eigenvalue weighted by atomic mass is 10.1. The van der Waals surface area contributed by atoms with Crippen molar-refractivity contribution in [3.8, 4) is 0 Å². The third-order valence-electron chi connectivity index (χ3n) is 5.01. The zero-order valence-electron chi connectivity index (χ0n) is 15.3. The molecule has 4 heterocycles. The van der Waals surface area contributed by atoms with Crippen LogP contribution in [0.4, 0.5) is 5.95 Å². The van der Waals surface area contributed by atoms with Crippen molar-refractivity contribution in [1.82, 2.24) is 14.9 Å². The maximum Gasteiger partial charge on any atom is 0.257 e. The van der Waals surface area contributed by atoms with E-state index < -0.39 is 0 Å². The number of morpholine rings is 1. The fraction of sp³-hybridized carbons (Fsp3) is 0.526. The summed E-state index contributed by atoms with van der Waals surface area (Å²) in [6.07, 6.45) is 3.91. The molecule has 0 radical (unpaired) electrons. The molecule has 0 unspecified atom stereocenters. The molecule has 2 aromatic heterocycles. The van der Waals surface area contributed by atoms with Gasteiger partial charge in [0.25, 0.3) is 5.91 Å². The number of carbonyl (C=O) groups is 1. The van der Waals surface area contributed by atoms with E-state index in [-0.39, 0.29) is 12.0 Å². The lowest BCUT2D eigenvalue weighted by Crippen LogP contribution is -2.42. The second-order valence-electron chi connectivity index (χ2n) is 6.91. The van der Waals surface area contributed by atoms with E-state index >= 15 is 0 Å². The Hall–Kier alpha value is -2.41. The molecular formula is C19H24N4O3. The van der Waals surface area contributed by atoms with Gasteiger partial charge in [0, 0.05) is 25.8 Å². The molecule has 0 bridgehead atoms. The minimum absolute atomic E-state index is 0.0125. The molecule has 4 rings (SSSR count). The highest BCUT2D eigenvalue weighted by atomic mass is 16.5. The van der Waals surface area contributed by atoms with Gasteiger partial charge < -0.3 is 19.0 Å². The molecule has 2 fully saturated rings. The number of amides is 1. The highest BCUT2D eigenvalue weighted by Crippen LogP contribution is 2.25. The van der Waals surface area contributed by atoms with Crippen LogP contribution >= 0.6 is 0 Å². The zero-order valence-corrected chi connectivity index (χ0v) is 15.3. The molecule has 0 aliphatic carbocycles. The normalized spacial score (nSPS) is 20.6. The summed E-state index contributed by atoms with van der Waals surface area (Å²) >= 11 is 0. The van der Waals surface area contributed by atoms with Crippen LogP contribution < -0.4 is 4.90 Å². The van der Waals surface area contributed by atoms with Gasteiger partial charge in [-0.15, -0.1) is 0 Å². The number of carbonyl (C=O) groups excluding carboxylic acids is 1. The molecule has 7 nitrogen and oxygen atoms in total. The predicted octanol–water partition coefficient (Wildman–Crippen LogP) is 2.50. The number of aromatic nitrogens is 2. The molecule has 0 saturated carbocycles. The number of hydrogen-bond acceptors (Lipinski definition) is 6. The van der Waals surface area contributed by atoms with Crippen LogP contribution in [-0.2, 0) is 4.74 Å². The van der Waals surface area contributed by atoms with Gasteiger partial charge in [-0.3, -0.25) is 4.79 Å². The molecular weight excluding hydrogens is 332 g/mol. The first-order chi connectivity index (χ1) is 12.6. The molecule has 0 spiro atoms. The van der Waals surface area contributed by atoms with Gasteiger partial charge in [0.05, 0.1) is 24.4 Å². The van der Waals surface area contributed by atoms with Crippen molar-refractivity contribution in [3.05, 3.63) is 41.1 Å². The Bertz CT molecular complexity index is 798. The van der Waals surface area contributed by atoms with Crippen LogP contribution in [0.1, 0.15) is 46.5 Å². The van der Waals surface area contributed by atoms with Crippen molar-refractivity contribution < 1.29 is 13.9 Å². The number of furan rings is 1. The van der Waals surface area contributed by atoms with Gasteiger partial charge in [-0.25, -0.2) is 9.97 Å². The Balaban J connectivity index is 1.51. The van der Waals surface area contributed by atoms with E-state index in [0.29, 0.717) is 31.0 Å². The van der Waals surface area contributed by atoms with Gasteiger partial charge >= 0.3 is 0 Å². The van der Waals surface area contributed by atoms with Crippen molar-refractivity contribution in [2.24, 2.45) is 0 Å². The molecule has 138 valence electrons. The van der Waals surface area contributed by atoms with Gasteiger partial charge in [-0.1, -0.05) is 0 Å². The van der Waals surface area contributed by atoms with Crippen molar-refractivity contribution in [2.75, 3.05) is 37.7 Å². The number of rotatable bonds is 3. The van der Waals surface area contributed by atoms with E-state index in [4.69, 9.17) is 14.1 Å². The van der Waals surface area contributed by atoms with E-state index in [1.54, 1.807) is 12.3 Å². The van der Waals surface area contributed by atoms with E-state index in [1.165, 1.54) is 12.8 Å². The van der Waals surface area contributed by atoms with E-state index in [1.807, 2.05) is 24.8 Å². The standard InChI is InChI=1S/C19H24N4O3/c1-13-11-15(14(2)26-13)18(24)23-9-10-25-17(12-23)16-5-6-20-19(21-16)22-7-3-4-8-22/h5-6,11,17H,3-4,7-10,12H2,1-2H3/t17-/m1/s1. The van der Waals surface area contributed by atoms with Crippen molar-refractivity contribution in [3.63, 3.8) is 0 Å². The fourth-order valence-electron chi connectivity index (χ4n) is 3.64. The summed E-state index contributed by atoms with van der Waals surface area (Å²) in [5, 5.41) is 0. The average molecular weight is 356 g/mol. The van der Waals surface area contributed by atoms with Crippen LogP contribution in [0.2, 0.25) is 0 Å². The third kappa shape index (κ3) is 3.31. The Morgan fingerprint density at radius 1 is 1.23 bits per heavy atom. The summed E-state index contributed by atoms with van der Waals surface area (Å²) in [7, 11) is 0. The van der Waals surface area contributed by atoms with Gasteiger partial charge in [0.15, 0.2) is 0 Å². The smallest absolute Gasteiger partial charge is 0.257 e. The lowest BCUT2D eigenvalue weighted by molar-refractivity contribution is -0.0248. The number of ether oxygens (including phenoxy) is 1. The van der Waals surface area contributed by atoms with Crippen LogP contribution in [0.15, 0.2) is 22.7 Å². The topological polar surface area (TPSA) is 71.7 Å². The van der Waals surface area contributed by atoms with E-state index in [0.717, 1.165) is 30.5 Å². The zero-order chi connectivity index (χ0) is 18.1. The first-order valence-electron chi connectivity index (χ1n) is 9.17.